The van der Waals surface area contributed by atoms with Crippen molar-refractivity contribution in [3.05, 3.63) is 29.8 Å². The summed E-state index contributed by atoms with van der Waals surface area (Å²) in [6.07, 6.45) is 2.74. The van der Waals surface area contributed by atoms with E-state index < -0.39 is 24.1 Å². The molecule has 0 atom stereocenters. The Morgan fingerprint density at radius 3 is 2.39 bits per heavy atom. The molecule has 0 aliphatic rings. The number of benzene rings is 1. The van der Waals surface area contributed by atoms with E-state index in [1.807, 2.05) is 0 Å². The van der Waals surface area contributed by atoms with Crippen molar-refractivity contribution < 1.29 is 28.5 Å². The van der Waals surface area contributed by atoms with Gasteiger partial charge in [0, 0.05) is 11.6 Å². The molecule has 0 saturated carbocycles. The molecule has 1 aromatic rings. The van der Waals surface area contributed by atoms with Crippen molar-refractivity contribution in [3.8, 4) is 11.5 Å². The smallest absolute Gasteiger partial charge is 0.344 e. The van der Waals surface area contributed by atoms with E-state index >= 15 is 0 Å². The van der Waals surface area contributed by atoms with Crippen LogP contribution in [0.2, 0.25) is 0 Å². The second-order valence-corrected chi connectivity index (χ2v) is 5.61. The Bertz CT molecular complexity index is 583. The molecule has 0 radical (unpaired) electrons. The molecule has 6 heteroatoms. The van der Waals surface area contributed by atoms with Crippen LogP contribution in [-0.2, 0) is 19.1 Å². The van der Waals surface area contributed by atoms with Gasteiger partial charge in [-0.15, -0.1) is 0 Å². The van der Waals surface area contributed by atoms with Gasteiger partial charge in [-0.2, -0.15) is 0 Å². The fraction of sp³-hybridized carbons (Fsp3) is 0.412. The fourth-order valence-corrected chi connectivity index (χ4v) is 1.75. The molecular weight excluding hydrogens is 300 g/mol. The molecule has 0 unspecified atom stereocenters. The zero-order valence-corrected chi connectivity index (χ0v) is 14.0. The van der Waals surface area contributed by atoms with Crippen molar-refractivity contribution in [3.63, 3.8) is 0 Å². The van der Waals surface area contributed by atoms with Gasteiger partial charge in [0.05, 0.1) is 14.2 Å². The van der Waals surface area contributed by atoms with Crippen LogP contribution in [0.3, 0.4) is 0 Å². The summed E-state index contributed by atoms with van der Waals surface area (Å²) >= 11 is 0. The van der Waals surface area contributed by atoms with E-state index in [2.05, 4.69) is 0 Å². The molecule has 0 amide bonds. The number of ether oxygens (including phenoxy) is 4. The van der Waals surface area contributed by atoms with Gasteiger partial charge in [0.2, 0.25) is 0 Å². The van der Waals surface area contributed by atoms with Crippen LogP contribution in [0.4, 0.5) is 0 Å². The Morgan fingerprint density at radius 2 is 1.83 bits per heavy atom. The lowest BCUT2D eigenvalue weighted by Gasteiger charge is -2.19. The first-order valence-corrected chi connectivity index (χ1v) is 7.04. The summed E-state index contributed by atoms with van der Waals surface area (Å²) in [4.78, 5) is 23.1. The largest absolute Gasteiger partial charge is 0.493 e. The summed E-state index contributed by atoms with van der Waals surface area (Å²) in [7, 11) is 3.04. The van der Waals surface area contributed by atoms with Gasteiger partial charge in [0.15, 0.2) is 18.1 Å². The number of esters is 2. The highest BCUT2D eigenvalue weighted by Crippen LogP contribution is 2.31. The minimum atomic E-state index is -0.652. The maximum atomic E-state index is 11.7. The third-order valence-electron chi connectivity index (χ3n) is 2.58. The quantitative estimate of drug-likeness (QED) is 0.592. The number of hydrogen-bond acceptors (Lipinski definition) is 6. The monoisotopic (exact) mass is 322 g/mol. The number of hydrogen-bond donors (Lipinski definition) is 0. The Kier molecular flexibility index (Phi) is 6.63. The maximum absolute atomic E-state index is 11.7. The molecular formula is C17H22O6. The first-order valence-electron chi connectivity index (χ1n) is 7.04. The van der Waals surface area contributed by atoms with Crippen molar-refractivity contribution in [2.75, 3.05) is 20.8 Å². The summed E-state index contributed by atoms with van der Waals surface area (Å²) in [6, 6.07) is 5.28. The summed E-state index contributed by atoms with van der Waals surface area (Å²) in [5.41, 5.74) is 0.0360. The van der Waals surface area contributed by atoms with E-state index in [0.717, 1.165) is 0 Å². The van der Waals surface area contributed by atoms with Crippen LogP contribution in [0, 0.1) is 0 Å². The highest BCUT2D eigenvalue weighted by molar-refractivity contribution is 5.89. The predicted molar refractivity (Wildman–Crippen MR) is 85.4 cm³/mol. The molecule has 0 aromatic heterocycles. The standard InChI is InChI=1S/C17H22O6/c1-17(2,3)23-15(19)11-22-14(18)10-9-12-7-6-8-13(20-4)16(12)21-5/h6-10H,11H2,1-5H3/b10-9+. The van der Waals surface area contributed by atoms with E-state index in [0.29, 0.717) is 17.1 Å². The highest BCUT2D eigenvalue weighted by atomic mass is 16.6. The maximum Gasteiger partial charge on any atom is 0.344 e. The predicted octanol–water partition coefficient (Wildman–Crippen LogP) is 2.60. The summed E-state index contributed by atoms with van der Waals surface area (Å²) < 4.78 is 20.3. The first kappa shape index (κ1) is 18.5. The Balaban J connectivity index is 2.64. The molecule has 0 spiro atoms. The van der Waals surface area contributed by atoms with Crippen LogP contribution in [-0.4, -0.2) is 38.4 Å². The van der Waals surface area contributed by atoms with Crippen LogP contribution in [0.5, 0.6) is 11.5 Å². The van der Waals surface area contributed by atoms with Crippen LogP contribution in [0.1, 0.15) is 26.3 Å². The van der Waals surface area contributed by atoms with E-state index in [-0.39, 0.29) is 0 Å². The van der Waals surface area contributed by atoms with Gasteiger partial charge in [0.25, 0.3) is 0 Å². The van der Waals surface area contributed by atoms with Gasteiger partial charge in [-0.05, 0) is 32.9 Å². The second kappa shape index (κ2) is 8.22. The van der Waals surface area contributed by atoms with Crippen molar-refractivity contribution in [1.29, 1.82) is 0 Å². The molecule has 0 heterocycles. The molecule has 126 valence electrons. The minimum Gasteiger partial charge on any atom is -0.493 e. The average Bonchev–Trinajstić information content (AvgIpc) is 2.48. The number of rotatable bonds is 6. The molecule has 6 nitrogen and oxygen atoms in total. The third kappa shape index (κ3) is 6.42. The zero-order valence-electron chi connectivity index (χ0n) is 14.0. The number of methoxy groups -OCH3 is 2. The van der Waals surface area contributed by atoms with Gasteiger partial charge in [0.1, 0.15) is 5.60 Å². The van der Waals surface area contributed by atoms with E-state index in [9.17, 15) is 9.59 Å². The minimum absolute atomic E-state index is 0.435. The van der Waals surface area contributed by atoms with Crippen molar-refractivity contribution in [2.24, 2.45) is 0 Å². The first-order chi connectivity index (χ1) is 10.8. The summed E-state index contributed by atoms with van der Waals surface area (Å²) in [5, 5.41) is 0. The Labute approximate surface area is 136 Å². The lowest BCUT2D eigenvalue weighted by Crippen LogP contribution is -2.27. The van der Waals surface area contributed by atoms with Crippen molar-refractivity contribution in [1.82, 2.24) is 0 Å². The SMILES string of the molecule is COc1cccc(/C=C/C(=O)OCC(=O)OC(C)(C)C)c1OC. The summed E-state index contributed by atoms with van der Waals surface area (Å²) in [6.45, 7) is 4.78. The molecule has 0 saturated heterocycles. The normalized spacial score (nSPS) is 11.2. The molecule has 0 aliphatic carbocycles. The molecule has 1 aromatic carbocycles. The fourth-order valence-electron chi connectivity index (χ4n) is 1.75. The van der Waals surface area contributed by atoms with Crippen LogP contribution < -0.4 is 9.47 Å². The van der Waals surface area contributed by atoms with Gasteiger partial charge in [-0.1, -0.05) is 12.1 Å². The van der Waals surface area contributed by atoms with E-state index in [1.165, 1.54) is 26.4 Å². The summed E-state index contributed by atoms with van der Waals surface area (Å²) in [5.74, 6) is -0.193. The van der Waals surface area contributed by atoms with Gasteiger partial charge in [-0.25, -0.2) is 9.59 Å². The second-order valence-electron chi connectivity index (χ2n) is 5.61. The number of para-hydroxylation sites is 1. The molecule has 1 rings (SSSR count). The van der Waals surface area contributed by atoms with Crippen LogP contribution in [0.25, 0.3) is 6.08 Å². The molecule has 23 heavy (non-hydrogen) atoms. The van der Waals surface area contributed by atoms with Crippen LogP contribution >= 0.6 is 0 Å². The van der Waals surface area contributed by atoms with Crippen molar-refractivity contribution >= 4 is 18.0 Å². The molecule has 0 N–H and O–H groups in total. The average molecular weight is 322 g/mol. The van der Waals surface area contributed by atoms with Crippen molar-refractivity contribution in [2.45, 2.75) is 26.4 Å². The van der Waals surface area contributed by atoms with Crippen LogP contribution in [0.15, 0.2) is 24.3 Å². The van der Waals surface area contributed by atoms with E-state index in [4.69, 9.17) is 18.9 Å². The molecule has 0 aliphatic heterocycles. The van der Waals surface area contributed by atoms with E-state index in [1.54, 1.807) is 39.0 Å². The Morgan fingerprint density at radius 1 is 1.13 bits per heavy atom. The topological polar surface area (TPSA) is 71.1 Å². The molecule has 0 fully saturated rings. The van der Waals surface area contributed by atoms with Gasteiger partial charge in [-0.3, -0.25) is 0 Å². The molecule has 0 bridgehead atoms. The van der Waals surface area contributed by atoms with Gasteiger partial charge >= 0.3 is 11.9 Å². The highest BCUT2D eigenvalue weighted by Gasteiger charge is 2.17. The lowest BCUT2D eigenvalue weighted by atomic mass is 10.1. The number of carbonyl (C=O) groups is 2. The Hall–Kier alpha value is -2.50. The zero-order chi connectivity index (χ0) is 17.5. The lowest BCUT2D eigenvalue weighted by molar-refractivity contribution is -0.164. The van der Waals surface area contributed by atoms with Gasteiger partial charge < -0.3 is 18.9 Å². The third-order valence-corrected chi connectivity index (χ3v) is 2.58. The number of carbonyl (C=O) groups excluding carboxylic acids is 2.